The largest absolute Gasteiger partial charge is 0.369 e. The van der Waals surface area contributed by atoms with E-state index in [1.165, 1.54) is 0 Å². The van der Waals surface area contributed by atoms with Crippen LogP contribution in [0.25, 0.3) is 0 Å². The molecule has 0 bridgehead atoms. The molecule has 0 spiro atoms. The second-order valence-electron chi connectivity index (χ2n) is 5.30. The van der Waals surface area contributed by atoms with Crippen LogP contribution in [0.15, 0.2) is 24.3 Å². The molecular formula is C15H23Cl2N3OS. The van der Waals surface area contributed by atoms with Gasteiger partial charge in [0.05, 0.1) is 6.04 Å². The van der Waals surface area contributed by atoms with Gasteiger partial charge in [0.2, 0.25) is 5.91 Å². The number of nitrogens with zero attached hydrogens (tertiary/aromatic N) is 1. The van der Waals surface area contributed by atoms with Crippen molar-refractivity contribution in [3.05, 3.63) is 29.3 Å². The summed E-state index contributed by atoms with van der Waals surface area (Å²) in [4.78, 5) is 14.3. The molecule has 1 aromatic carbocycles. The molecule has 7 heteroatoms. The first-order valence-corrected chi connectivity index (χ1v) is 8.92. The summed E-state index contributed by atoms with van der Waals surface area (Å²) in [6.45, 7) is 1.76. The summed E-state index contributed by atoms with van der Waals surface area (Å²) in [5.74, 6) is 0.878. The van der Waals surface area contributed by atoms with Crippen LogP contribution in [-0.4, -0.2) is 43.1 Å². The number of rotatable bonds is 6. The van der Waals surface area contributed by atoms with E-state index in [-0.39, 0.29) is 24.4 Å². The molecule has 124 valence electrons. The van der Waals surface area contributed by atoms with Gasteiger partial charge in [-0.1, -0.05) is 11.6 Å². The molecule has 1 saturated heterocycles. The zero-order valence-electron chi connectivity index (χ0n) is 12.6. The van der Waals surface area contributed by atoms with E-state index in [0.29, 0.717) is 0 Å². The normalized spacial score (nSPS) is 18.7. The summed E-state index contributed by atoms with van der Waals surface area (Å²) in [5, 5.41) is 3.80. The van der Waals surface area contributed by atoms with Gasteiger partial charge in [0.1, 0.15) is 0 Å². The van der Waals surface area contributed by atoms with Crippen molar-refractivity contribution in [3.63, 3.8) is 0 Å². The second-order valence-corrected chi connectivity index (χ2v) is 6.73. The topological polar surface area (TPSA) is 58.4 Å². The summed E-state index contributed by atoms with van der Waals surface area (Å²) in [6.07, 6.45) is 3.69. The maximum absolute atomic E-state index is 12.0. The van der Waals surface area contributed by atoms with E-state index in [0.717, 1.165) is 42.4 Å². The SMILES string of the molecule is CSCCC(N)C(=O)NC1CCN(c2ccc(Cl)cc2)C1.Cl. The van der Waals surface area contributed by atoms with Crippen molar-refractivity contribution < 1.29 is 4.79 Å². The Morgan fingerprint density at radius 3 is 2.82 bits per heavy atom. The maximum atomic E-state index is 12.0. The molecule has 0 radical (unpaired) electrons. The number of thioether (sulfide) groups is 1. The number of nitrogens with two attached hydrogens (primary N) is 1. The van der Waals surface area contributed by atoms with Gasteiger partial charge < -0.3 is 16.0 Å². The molecule has 1 heterocycles. The Hall–Kier alpha value is -0.620. The minimum Gasteiger partial charge on any atom is -0.369 e. The van der Waals surface area contributed by atoms with Crippen LogP contribution in [0.2, 0.25) is 5.02 Å². The fourth-order valence-electron chi connectivity index (χ4n) is 2.45. The van der Waals surface area contributed by atoms with Crippen LogP contribution in [0.3, 0.4) is 0 Å². The highest BCUT2D eigenvalue weighted by atomic mass is 35.5. The van der Waals surface area contributed by atoms with Crippen LogP contribution in [0.4, 0.5) is 5.69 Å². The van der Waals surface area contributed by atoms with E-state index in [4.69, 9.17) is 17.3 Å². The molecule has 1 fully saturated rings. The maximum Gasteiger partial charge on any atom is 0.237 e. The number of carbonyl (C=O) groups is 1. The van der Waals surface area contributed by atoms with Crippen molar-refractivity contribution in [2.45, 2.75) is 24.9 Å². The molecule has 2 unspecified atom stereocenters. The van der Waals surface area contributed by atoms with Crippen molar-refractivity contribution in [1.29, 1.82) is 0 Å². The fraction of sp³-hybridized carbons (Fsp3) is 0.533. The second kappa shape index (κ2) is 9.50. The zero-order valence-corrected chi connectivity index (χ0v) is 15.0. The molecule has 3 N–H and O–H groups in total. The number of halogens is 2. The number of anilines is 1. The Balaban J connectivity index is 0.00000242. The number of nitrogens with one attached hydrogen (secondary N) is 1. The molecule has 1 amide bonds. The lowest BCUT2D eigenvalue weighted by Gasteiger charge is -2.20. The molecule has 0 aliphatic carbocycles. The van der Waals surface area contributed by atoms with E-state index in [1.807, 2.05) is 30.5 Å². The minimum atomic E-state index is -0.401. The first kappa shape index (κ1) is 19.4. The molecule has 1 aliphatic rings. The van der Waals surface area contributed by atoms with E-state index >= 15 is 0 Å². The lowest BCUT2D eigenvalue weighted by molar-refractivity contribution is -0.122. The monoisotopic (exact) mass is 363 g/mol. The third-order valence-corrected chi connectivity index (χ3v) is 4.59. The Labute approximate surface area is 147 Å². The van der Waals surface area contributed by atoms with E-state index < -0.39 is 6.04 Å². The Kier molecular flexibility index (Phi) is 8.39. The molecule has 1 aromatic rings. The van der Waals surface area contributed by atoms with E-state index in [9.17, 15) is 4.79 Å². The van der Waals surface area contributed by atoms with Gasteiger partial charge in [0, 0.05) is 29.8 Å². The molecule has 4 nitrogen and oxygen atoms in total. The minimum absolute atomic E-state index is 0. The average molecular weight is 364 g/mol. The Morgan fingerprint density at radius 2 is 2.18 bits per heavy atom. The van der Waals surface area contributed by atoms with Crippen LogP contribution in [0.5, 0.6) is 0 Å². The number of benzene rings is 1. The Morgan fingerprint density at radius 1 is 1.50 bits per heavy atom. The molecule has 22 heavy (non-hydrogen) atoms. The van der Waals surface area contributed by atoms with Gasteiger partial charge in [-0.05, 0) is 49.1 Å². The van der Waals surface area contributed by atoms with Crippen molar-refractivity contribution >= 4 is 47.4 Å². The summed E-state index contributed by atoms with van der Waals surface area (Å²) >= 11 is 7.61. The summed E-state index contributed by atoms with van der Waals surface area (Å²) in [5.41, 5.74) is 7.03. The van der Waals surface area contributed by atoms with Crippen LogP contribution in [-0.2, 0) is 4.79 Å². The first-order valence-electron chi connectivity index (χ1n) is 7.15. The lowest BCUT2D eigenvalue weighted by atomic mass is 10.2. The van der Waals surface area contributed by atoms with Crippen LogP contribution < -0.4 is 16.0 Å². The smallest absolute Gasteiger partial charge is 0.237 e. The first-order chi connectivity index (χ1) is 10.1. The summed E-state index contributed by atoms with van der Waals surface area (Å²) < 4.78 is 0. The van der Waals surface area contributed by atoms with Gasteiger partial charge in [-0.25, -0.2) is 0 Å². The predicted molar refractivity (Wildman–Crippen MR) is 98.4 cm³/mol. The molecule has 2 atom stereocenters. The average Bonchev–Trinajstić information content (AvgIpc) is 2.93. The van der Waals surface area contributed by atoms with Crippen LogP contribution >= 0.6 is 35.8 Å². The van der Waals surface area contributed by atoms with Gasteiger partial charge in [0.25, 0.3) is 0 Å². The third-order valence-electron chi connectivity index (χ3n) is 3.70. The zero-order chi connectivity index (χ0) is 15.2. The van der Waals surface area contributed by atoms with Gasteiger partial charge in [-0.3, -0.25) is 4.79 Å². The number of carbonyl (C=O) groups excluding carboxylic acids is 1. The van der Waals surface area contributed by atoms with E-state index in [1.54, 1.807) is 11.8 Å². The Bertz CT molecular complexity index is 472. The molecule has 1 aliphatic heterocycles. The summed E-state index contributed by atoms with van der Waals surface area (Å²) in [6, 6.07) is 7.57. The summed E-state index contributed by atoms with van der Waals surface area (Å²) in [7, 11) is 0. The van der Waals surface area contributed by atoms with Crippen LogP contribution in [0, 0.1) is 0 Å². The van der Waals surface area contributed by atoms with E-state index in [2.05, 4.69) is 10.2 Å². The number of hydrogen-bond donors (Lipinski definition) is 2. The predicted octanol–water partition coefficient (Wildman–Crippen LogP) is 2.54. The molecular weight excluding hydrogens is 341 g/mol. The van der Waals surface area contributed by atoms with Crippen molar-refractivity contribution in [2.75, 3.05) is 30.0 Å². The molecule has 2 rings (SSSR count). The quantitative estimate of drug-likeness (QED) is 0.815. The van der Waals surface area contributed by atoms with Gasteiger partial charge in [-0.2, -0.15) is 11.8 Å². The fourth-order valence-corrected chi connectivity index (χ4v) is 3.06. The van der Waals surface area contributed by atoms with Crippen LogP contribution in [0.1, 0.15) is 12.8 Å². The van der Waals surface area contributed by atoms with Gasteiger partial charge in [0.15, 0.2) is 0 Å². The van der Waals surface area contributed by atoms with Gasteiger partial charge >= 0.3 is 0 Å². The molecule has 0 saturated carbocycles. The number of amides is 1. The highest BCUT2D eigenvalue weighted by Gasteiger charge is 2.25. The van der Waals surface area contributed by atoms with Crippen molar-refractivity contribution in [3.8, 4) is 0 Å². The number of hydrogen-bond acceptors (Lipinski definition) is 4. The highest BCUT2D eigenvalue weighted by molar-refractivity contribution is 7.98. The third kappa shape index (κ3) is 5.54. The standard InChI is InChI=1S/C15H22ClN3OS.ClH/c1-21-9-7-14(17)15(20)18-12-6-8-19(10-12)13-4-2-11(16)3-5-13;/h2-5,12,14H,6-10,17H2,1H3,(H,18,20);1H. The lowest BCUT2D eigenvalue weighted by Crippen LogP contribution is -2.46. The molecule has 0 aromatic heterocycles. The highest BCUT2D eigenvalue weighted by Crippen LogP contribution is 2.22. The van der Waals surface area contributed by atoms with Gasteiger partial charge in [-0.15, -0.1) is 12.4 Å². The van der Waals surface area contributed by atoms with Crippen molar-refractivity contribution in [1.82, 2.24) is 5.32 Å². The van der Waals surface area contributed by atoms with Crippen molar-refractivity contribution in [2.24, 2.45) is 5.73 Å².